The summed E-state index contributed by atoms with van der Waals surface area (Å²) >= 11 is 0. The molecule has 1 aromatic heterocycles. The van der Waals surface area contributed by atoms with Gasteiger partial charge in [0.2, 0.25) is 0 Å². The second-order valence-electron chi connectivity index (χ2n) is 11.3. The summed E-state index contributed by atoms with van der Waals surface area (Å²) in [6.07, 6.45) is -1.38. The zero-order valence-corrected chi connectivity index (χ0v) is 23.9. The van der Waals surface area contributed by atoms with Gasteiger partial charge in [-0.3, -0.25) is 14.7 Å². The highest BCUT2D eigenvalue weighted by Gasteiger charge is 2.42. The normalized spacial score (nSPS) is 22.8. The van der Waals surface area contributed by atoms with Crippen LogP contribution in [0.3, 0.4) is 0 Å². The van der Waals surface area contributed by atoms with Crippen LogP contribution in [-0.2, 0) is 16.4 Å². The van der Waals surface area contributed by atoms with Crippen LogP contribution in [0.4, 0.5) is 13.2 Å². The largest absolute Gasteiger partial charge is 0.394 e. The number of aliphatic hydroxyl groups excluding tert-OH is 1. The topological polar surface area (TPSA) is 99.6 Å². The van der Waals surface area contributed by atoms with Gasteiger partial charge in [0.1, 0.15) is 0 Å². The molecule has 1 saturated carbocycles. The number of pyridine rings is 1. The Morgan fingerprint density at radius 3 is 2.40 bits per heavy atom. The van der Waals surface area contributed by atoms with Crippen molar-refractivity contribution in [2.24, 2.45) is 17.8 Å². The summed E-state index contributed by atoms with van der Waals surface area (Å²) in [6, 6.07) is 7.76. The fraction of sp³-hybridized carbons (Fsp3) is 0.586. The molecule has 220 valence electrons. The second kappa shape index (κ2) is 12.2. The number of nitrogens with zero attached hydrogens (tertiary/aromatic N) is 2. The third kappa shape index (κ3) is 6.69. The van der Waals surface area contributed by atoms with Gasteiger partial charge < -0.3 is 10.4 Å². The van der Waals surface area contributed by atoms with Crippen molar-refractivity contribution in [2.45, 2.75) is 76.2 Å². The predicted octanol–water partition coefficient (Wildman–Crippen LogP) is 5.22. The Kier molecular flexibility index (Phi) is 9.26. The summed E-state index contributed by atoms with van der Waals surface area (Å²) < 4.78 is 63.4. The lowest BCUT2D eigenvalue weighted by atomic mass is 9.81. The van der Waals surface area contributed by atoms with E-state index in [9.17, 15) is 31.5 Å². The number of alkyl halides is 3. The van der Waals surface area contributed by atoms with Crippen LogP contribution in [-0.4, -0.2) is 54.4 Å². The first-order chi connectivity index (χ1) is 18.8. The molecule has 0 saturated heterocycles. The predicted molar refractivity (Wildman–Crippen MR) is 145 cm³/mol. The molecule has 1 fully saturated rings. The smallest absolute Gasteiger partial charge is 0.391 e. The number of rotatable bonds is 9. The van der Waals surface area contributed by atoms with Crippen molar-refractivity contribution in [3.05, 3.63) is 58.9 Å². The van der Waals surface area contributed by atoms with Crippen LogP contribution in [0, 0.1) is 17.8 Å². The Morgan fingerprint density at radius 1 is 1.15 bits per heavy atom. The molecule has 1 unspecified atom stereocenters. The third-order valence-electron chi connectivity index (χ3n) is 8.27. The van der Waals surface area contributed by atoms with Crippen molar-refractivity contribution in [2.75, 3.05) is 18.9 Å². The van der Waals surface area contributed by atoms with Crippen LogP contribution in [0.1, 0.15) is 85.7 Å². The highest BCUT2D eigenvalue weighted by molar-refractivity contribution is 7.91. The molecule has 0 spiro atoms. The summed E-state index contributed by atoms with van der Waals surface area (Å²) in [6.45, 7) is 6.74. The van der Waals surface area contributed by atoms with Gasteiger partial charge in [0.25, 0.3) is 5.91 Å². The number of carbonyl (C=O) groups is 1. The molecule has 0 radical (unpaired) electrons. The molecule has 7 nitrogen and oxygen atoms in total. The molecule has 2 atom stereocenters. The zero-order valence-electron chi connectivity index (χ0n) is 23.1. The van der Waals surface area contributed by atoms with Crippen LogP contribution in [0.2, 0.25) is 0 Å². The van der Waals surface area contributed by atoms with Crippen molar-refractivity contribution in [1.82, 2.24) is 15.2 Å². The molecule has 2 aliphatic rings. The van der Waals surface area contributed by atoms with Gasteiger partial charge >= 0.3 is 6.18 Å². The summed E-state index contributed by atoms with van der Waals surface area (Å²) in [5, 5.41) is 12.7. The van der Waals surface area contributed by atoms with Crippen LogP contribution >= 0.6 is 0 Å². The van der Waals surface area contributed by atoms with E-state index >= 15 is 0 Å². The number of hydrogen-bond acceptors (Lipinski definition) is 6. The van der Waals surface area contributed by atoms with Gasteiger partial charge in [-0.05, 0) is 72.9 Å². The van der Waals surface area contributed by atoms with E-state index in [-0.39, 0.29) is 47.3 Å². The maximum atomic E-state index is 13.1. The molecule has 0 bridgehead atoms. The number of halogens is 3. The molecule has 2 heterocycles. The Bertz CT molecular complexity index is 1290. The highest BCUT2D eigenvalue weighted by atomic mass is 32.2. The van der Waals surface area contributed by atoms with Gasteiger partial charge in [-0.2, -0.15) is 13.2 Å². The van der Waals surface area contributed by atoms with Crippen molar-refractivity contribution in [3.8, 4) is 0 Å². The van der Waals surface area contributed by atoms with Crippen molar-refractivity contribution in [1.29, 1.82) is 0 Å². The number of hydrogen-bond donors (Lipinski definition) is 2. The lowest BCUT2D eigenvalue weighted by molar-refractivity contribution is -0.184. The fourth-order valence-corrected chi connectivity index (χ4v) is 6.87. The van der Waals surface area contributed by atoms with E-state index in [4.69, 9.17) is 0 Å². The van der Waals surface area contributed by atoms with E-state index in [1.54, 1.807) is 13.0 Å². The van der Waals surface area contributed by atoms with Gasteiger partial charge in [0, 0.05) is 30.9 Å². The van der Waals surface area contributed by atoms with Crippen LogP contribution in [0.5, 0.6) is 0 Å². The lowest BCUT2D eigenvalue weighted by Crippen LogP contribution is -2.34. The maximum Gasteiger partial charge on any atom is 0.391 e. The first-order valence-corrected chi connectivity index (χ1v) is 15.5. The molecule has 1 aromatic carbocycles. The van der Waals surface area contributed by atoms with E-state index in [1.807, 2.05) is 12.1 Å². The molecule has 11 heteroatoms. The Hall–Kier alpha value is -2.50. The Morgan fingerprint density at radius 2 is 1.85 bits per heavy atom. The minimum atomic E-state index is -4.11. The average Bonchev–Trinajstić information content (AvgIpc) is 3.28. The lowest BCUT2D eigenvalue weighted by Gasteiger charge is -2.35. The van der Waals surface area contributed by atoms with Gasteiger partial charge in [-0.25, -0.2) is 8.42 Å². The third-order valence-corrected chi connectivity index (χ3v) is 9.99. The molecule has 1 amide bonds. The van der Waals surface area contributed by atoms with Gasteiger partial charge in [0.05, 0.1) is 34.9 Å². The summed E-state index contributed by atoms with van der Waals surface area (Å²) in [4.78, 5) is 19.7. The van der Waals surface area contributed by atoms with Crippen LogP contribution < -0.4 is 5.32 Å². The molecular weight excluding hydrogens is 543 g/mol. The van der Waals surface area contributed by atoms with Gasteiger partial charge in [-0.1, -0.05) is 26.8 Å². The minimum absolute atomic E-state index is 0.0548. The summed E-state index contributed by atoms with van der Waals surface area (Å²) in [7, 11) is -3.41. The number of nitrogens with one attached hydrogen (secondary N) is 1. The molecule has 1 aliphatic carbocycles. The highest BCUT2D eigenvalue weighted by Crippen LogP contribution is 2.43. The number of sulfone groups is 1. The SMILES string of the molecule is CCS(=O)(=O)c1ccc([C@@H](CO)NC(=O)c2ccc3c(c2)CN(C[C@H]2CC[C@H](C(F)(F)F)CC2)C3C(C)C)nc1. The van der Waals surface area contributed by atoms with E-state index in [0.717, 1.165) is 17.7 Å². The summed E-state index contributed by atoms with van der Waals surface area (Å²) in [5.41, 5.74) is 2.92. The quantitative estimate of drug-likeness (QED) is 0.421. The van der Waals surface area contributed by atoms with Gasteiger partial charge in [-0.15, -0.1) is 0 Å². The van der Waals surface area contributed by atoms with Crippen molar-refractivity contribution >= 4 is 15.7 Å². The minimum Gasteiger partial charge on any atom is -0.394 e. The van der Waals surface area contributed by atoms with E-state index < -0.39 is 34.6 Å². The number of amides is 1. The second-order valence-corrected chi connectivity index (χ2v) is 13.6. The fourth-order valence-electron chi connectivity index (χ4n) is 6.05. The maximum absolute atomic E-state index is 13.1. The first kappa shape index (κ1) is 30.5. The first-order valence-electron chi connectivity index (χ1n) is 13.9. The standard InChI is InChI=1S/C29H38F3N3O4S/c1-4-40(38,39)23-10-12-25(33-14-23)26(17-36)34-28(37)20-7-11-24-21(13-20)16-35(27(24)18(2)3)15-19-5-8-22(9-6-19)29(30,31)32/h7,10-14,18-19,22,26-27,36H,4-6,8-9,15-17H2,1-3H3,(H,34,37)/t19-,22-,26-,27?/m1/s1. The van der Waals surface area contributed by atoms with Crippen LogP contribution in [0.15, 0.2) is 41.4 Å². The monoisotopic (exact) mass is 581 g/mol. The van der Waals surface area contributed by atoms with Gasteiger partial charge in [0.15, 0.2) is 9.84 Å². The summed E-state index contributed by atoms with van der Waals surface area (Å²) in [5.74, 6) is -1.13. The zero-order chi connectivity index (χ0) is 29.2. The van der Waals surface area contributed by atoms with E-state index in [0.29, 0.717) is 30.6 Å². The molecular formula is C29H38F3N3O4S. The molecule has 40 heavy (non-hydrogen) atoms. The number of aromatic nitrogens is 1. The molecule has 4 rings (SSSR count). The Labute approximate surface area is 234 Å². The number of aliphatic hydroxyl groups is 1. The van der Waals surface area contributed by atoms with Crippen molar-refractivity contribution < 1.29 is 31.5 Å². The average molecular weight is 582 g/mol. The number of benzene rings is 1. The molecule has 1 aliphatic heterocycles. The molecule has 2 aromatic rings. The van der Waals surface area contributed by atoms with E-state index in [2.05, 4.69) is 29.0 Å². The Balaban J connectivity index is 1.44. The van der Waals surface area contributed by atoms with Crippen molar-refractivity contribution in [3.63, 3.8) is 0 Å². The molecule has 2 N–H and O–H groups in total. The number of carbonyl (C=O) groups excluding carboxylic acids is 1. The number of fused-ring (bicyclic) bond motifs is 1. The van der Waals surface area contributed by atoms with Crippen LogP contribution in [0.25, 0.3) is 0 Å². The van der Waals surface area contributed by atoms with E-state index in [1.165, 1.54) is 18.3 Å².